The topological polar surface area (TPSA) is 87.7 Å². The summed E-state index contributed by atoms with van der Waals surface area (Å²) in [5.41, 5.74) is 0.926. The Morgan fingerprint density at radius 1 is 1.29 bits per heavy atom. The minimum Gasteiger partial charge on any atom is -0.480 e. The van der Waals surface area contributed by atoms with Gasteiger partial charge < -0.3 is 20.5 Å². The fourth-order valence-corrected chi connectivity index (χ4v) is 2.12. The number of carboxylic acid groups (broad SMARTS) is 1. The average Bonchev–Trinajstić information content (AvgIpc) is 2.47. The van der Waals surface area contributed by atoms with E-state index in [1.165, 1.54) is 0 Å². The maximum Gasteiger partial charge on any atom is 0.407 e. The van der Waals surface area contributed by atoms with Crippen LogP contribution in [-0.4, -0.2) is 35.8 Å². The van der Waals surface area contributed by atoms with E-state index in [1.807, 2.05) is 30.3 Å². The molecule has 6 nitrogen and oxygen atoms in total. The van der Waals surface area contributed by atoms with Crippen molar-refractivity contribution in [3.63, 3.8) is 0 Å². The molecule has 0 saturated carbocycles. The molecule has 7 heteroatoms. The van der Waals surface area contributed by atoms with Gasteiger partial charge in [0.1, 0.15) is 12.6 Å². The number of aliphatic carboxylic acids is 1. The van der Waals surface area contributed by atoms with Gasteiger partial charge >= 0.3 is 12.1 Å². The zero-order valence-electron chi connectivity index (χ0n) is 11.5. The number of halogens is 1. The quantitative estimate of drug-likeness (QED) is 0.784. The summed E-state index contributed by atoms with van der Waals surface area (Å²) in [4.78, 5) is 22.4. The van der Waals surface area contributed by atoms with Crippen molar-refractivity contribution >= 4 is 24.5 Å². The highest BCUT2D eigenvalue weighted by molar-refractivity contribution is 5.85. The maximum atomic E-state index is 11.6. The van der Waals surface area contributed by atoms with Crippen LogP contribution in [0.15, 0.2) is 30.3 Å². The van der Waals surface area contributed by atoms with Gasteiger partial charge in [0, 0.05) is 12.6 Å². The SMILES string of the molecule is Cl.O=C(N[C@H]1CC[C@H](C(=O)O)NC1)OCc1ccccc1. The molecule has 1 heterocycles. The first-order valence-electron chi connectivity index (χ1n) is 6.58. The lowest BCUT2D eigenvalue weighted by atomic mass is 10.0. The van der Waals surface area contributed by atoms with Crippen LogP contribution in [0.5, 0.6) is 0 Å². The highest BCUT2D eigenvalue weighted by Gasteiger charge is 2.26. The number of hydrogen-bond donors (Lipinski definition) is 3. The van der Waals surface area contributed by atoms with Gasteiger partial charge in [0.25, 0.3) is 0 Å². The predicted molar refractivity (Wildman–Crippen MR) is 79.5 cm³/mol. The summed E-state index contributed by atoms with van der Waals surface area (Å²) >= 11 is 0. The van der Waals surface area contributed by atoms with E-state index in [0.717, 1.165) is 5.56 Å². The third-order valence-corrected chi connectivity index (χ3v) is 3.25. The van der Waals surface area contributed by atoms with E-state index in [1.54, 1.807) is 0 Å². The minimum absolute atomic E-state index is 0. The molecule has 0 spiro atoms. The van der Waals surface area contributed by atoms with Gasteiger partial charge in [0.05, 0.1) is 0 Å². The number of carbonyl (C=O) groups is 2. The number of hydrogen-bond acceptors (Lipinski definition) is 4. The zero-order valence-corrected chi connectivity index (χ0v) is 12.3. The summed E-state index contributed by atoms with van der Waals surface area (Å²) in [6.07, 6.45) is 0.651. The number of carbonyl (C=O) groups excluding carboxylic acids is 1. The summed E-state index contributed by atoms with van der Waals surface area (Å²) in [6, 6.07) is 8.82. The van der Waals surface area contributed by atoms with Crippen LogP contribution in [0.25, 0.3) is 0 Å². The molecule has 0 aliphatic carbocycles. The summed E-state index contributed by atoms with van der Waals surface area (Å²) in [5.74, 6) is -0.852. The van der Waals surface area contributed by atoms with Crippen molar-refractivity contribution in [2.24, 2.45) is 0 Å². The van der Waals surface area contributed by atoms with E-state index < -0.39 is 18.1 Å². The van der Waals surface area contributed by atoms with Gasteiger partial charge in [-0.1, -0.05) is 30.3 Å². The Morgan fingerprint density at radius 3 is 2.57 bits per heavy atom. The number of ether oxygens (including phenoxy) is 1. The number of alkyl carbamates (subject to hydrolysis) is 1. The molecule has 1 fully saturated rings. The first-order valence-corrected chi connectivity index (χ1v) is 6.58. The molecule has 0 bridgehead atoms. The Bertz CT molecular complexity index is 461. The molecule has 21 heavy (non-hydrogen) atoms. The third-order valence-electron chi connectivity index (χ3n) is 3.25. The standard InChI is InChI=1S/C14H18N2O4.ClH/c17-13(18)12-7-6-11(8-15-12)16-14(19)20-9-10-4-2-1-3-5-10;/h1-5,11-12,15H,6-9H2,(H,16,19)(H,17,18);1H/t11-,12+;/m0./s1. The fourth-order valence-electron chi connectivity index (χ4n) is 2.12. The molecule has 2 atom stereocenters. The van der Waals surface area contributed by atoms with Crippen LogP contribution in [0.4, 0.5) is 4.79 Å². The Labute approximate surface area is 129 Å². The molecular formula is C14H19ClN2O4. The van der Waals surface area contributed by atoms with Gasteiger partial charge in [-0.25, -0.2) is 4.79 Å². The lowest BCUT2D eigenvalue weighted by Gasteiger charge is -2.27. The van der Waals surface area contributed by atoms with Gasteiger partial charge in [-0.15, -0.1) is 12.4 Å². The second-order valence-corrected chi connectivity index (χ2v) is 4.78. The van der Waals surface area contributed by atoms with E-state index in [9.17, 15) is 9.59 Å². The number of nitrogens with one attached hydrogen (secondary N) is 2. The molecule has 116 valence electrons. The number of piperidine rings is 1. The first-order chi connectivity index (χ1) is 9.65. The van der Waals surface area contributed by atoms with Crippen LogP contribution < -0.4 is 10.6 Å². The first kappa shape index (κ1) is 17.3. The molecule has 0 unspecified atom stereocenters. The van der Waals surface area contributed by atoms with Crippen LogP contribution in [-0.2, 0) is 16.1 Å². The van der Waals surface area contributed by atoms with Crippen molar-refractivity contribution in [2.45, 2.75) is 31.5 Å². The Kier molecular flexibility index (Phi) is 6.98. The summed E-state index contributed by atoms with van der Waals surface area (Å²) in [7, 11) is 0. The highest BCUT2D eigenvalue weighted by Crippen LogP contribution is 2.09. The van der Waals surface area contributed by atoms with E-state index in [2.05, 4.69) is 10.6 Å². The van der Waals surface area contributed by atoms with Gasteiger partial charge in [0.2, 0.25) is 0 Å². The second kappa shape index (κ2) is 8.49. The maximum absolute atomic E-state index is 11.6. The lowest BCUT2D eigenvalue weighted by Crippen LogP contribution is -2.52. The Hall–Kier alpha value is -1.79. The van der Waals surface area contributed by atoms with E-state index >= 15 is 0 Å². The van der Waals surface area contributed by atoms with Crippen molar-refractivity contribution in [3.05, 3.63) is 35.9 Å². The molecule has 1 aromatic rings. The number of carboxylic acids is 1. The van der Waals surface area contributed by atoms with Gasteiger partial charge in [-0.05, 0) is 18.4 Å². The van der Waals surface area contributed by atoms with Crippen LogP contribution in [0.1, 0.15) is 18.4 Å². The van der Waals surface area contributed by atoms with Gasteiger partial charge in [-0.2, -0.15) is 0 Å². The zero-order chi connectivity index (χ0) is 14.4. The average molecular weight is 315 g/mol. The Balaban J connectivity index is 0.00000220. The second-order valence-electron chi connectivity index (χ2n) is 4.78. The van der Waals surface area contributed by atoms with Crippen molar-refractivity contribution in [2.75, 3.05) is 6.54 Å². The Morgan fingerprint density at radius 2 is 2.00 bits per heavy atom. The molecule has 1 aliphatic heterocycles. The summed E-state index contributed by atoms with van der Waals surface area (Å²) in [5, 5.41) is 14.5. The minimum atomic E-state index is -0.852. The van der Waals surface area contributed by atoms with Gasteiger partial charge in [-0.3, -0.25) is 4.79 Å². The van der Waals surface area contributed by atoms with E-state index in [0.29, 0.717) is 19.4 Å². The number of rotatable bonds is 4. The third kappa shape index (κ3) is 5.61. The fraction of sp³-hybridized carbons (Fsp3) is 0.429. The largest absolute Gasteiger partial charge is 0.480 e. The number of benzene rings is 1. The molecule has 1 saturated heterocycles. The normalized spacial score (nSPS) is 21.0. The van der Waals surface area contributed by atoms with Crippen molar-refractivity contribution in [1.82, 2.24) is 10.6 Å². The molecule has 2 rings (SSSR count). The predicted octanol–water partition coefficient (Wildman–Crippen LogP) is 1.54. The van der Waals surface area contributed by atoms with Crippen LogP contribution in [0.2, 0.25) is 0 Å². The molecule has 0 aromatic heterocycles. The van der Waals surface area contributed by atoms with E-state index in [-0.39, 0.29) is 25.1 Å². The van der Waals surface area contributed by atoms with Crippen molar-refractivity contribution in [3.8, 4) is 0 Å². The molecule has 1 aromatic carbocycles. The number of amides is 1. The monoisotopic (exact) mass is 314 g/mol. The molecule has 0 radical (unpaired) electrons. The molecule has 1 amide bonds. The summed E-state index contributed by atoms with van der Waals surface area (Å²) < 4.78 is 5.11. The molecular weight excluding hydrogens is 296 g/mol. The van der Waals surface area contributed by atoms with E-state index in [4.69, 9.17) is 9.84 Å². The van der Waals surface area contributed by atoms with Crippen molar-refractivity contribution < 1.29 is 19.4 Å². The van der Waals surface area contributed by atoms with Crippen molar-refractivity contribution in [1.29, 1.82) is 0 Å². The smallest absolute Gasteiger partial charge is 0.407 e. The van der Waals surface area contributed by atoms with Crippen LogP contribution in [0.3, 0.4) is 0 Å². The van der Waals surface area contributed by atoms with Gasteiger partial charge in [0.15, 0.2) is 0 Å². The molecule has 3 N–H and O–H groups in total. The molecule has 1 aliphatic rings. The lowest BCUT2D eigenvalue weighted by molar-refractivity contribution is -0.140. The van der Waals surface area contributed by atoms with Crippen LogP contribution >= 0.6 is 12.4 Å². The highest BCUT2D eigenvalue weighted by atomic mass is 35.5. The summed E-state index contributed by atoms with van der Waals surface area (Å²) in [6.45, 7) is 0.669. The van der Waals surface area contributed by atoms with Crippen LogP contribution in [0, 0.1) is 0 Å².